The van der Waals surface area contributed by atoms with Gasteiger partial charge in [-0.15, -0.1) is 0 Å². The molecule has 0 aliphatic rings. The lowest BCUT2D eigenvalue weighted by atomic mass is 10.1. The Morgan fingerprint density at radius 3 is 2.88 bits per heavy atom. The summed E-state index contributed by atoms with van der Waals surface area (Å²) in [6.45, 7) is 2.19. The molecule has 4 heteroatoms. The van der Waals surface area contributed by atoms with Crippen LogP contribution in [0.3, 0.4) is 0 Å². The summed E-state index contributed by atoms with van der Waals surface area (Å²) in [6.07, 6.45) is 0.321. The fourth-order valence-corrected chi connectivity index (χ4v) is 1.63. The molecule has 94 valence electrons. The van der Waals surface area contributed by atoms with Crippen molar-refractivity contribution in [2.75, 3.05) is 20.3 Å². The van der Waals surface area contributed by atoms with E-state index in [0.29, 0.717) is 13.0 Å². The standard InChI is InChI=1S/C13H19NO3/c1-10-4-3-5-11(6-10)7-13(16)14-12(8-15)9-17-2/h3-6,12,15H,7-9H2,1-2H3,(H,14,16). The molecule has 0 bridgehead atoms. The molecule has 0 spiro atoms. The fourth-order valence-electron chi connectivity index (χ4n) is 1.63. The molecule has 1 amide bonds. The number of aliphatic hydroxyl groups excluding tert-OH is 1. The molecular weight excluding hydrogens is 218 g/mol. The second-order valence-electron chi connectivity index (χ2n) is 4.07. The molecule has 1 atom stereocenters. The normalized spacial score (nSPS) is 12.2. The van der Waals surface area contributed by atoms with E-state index in [9.17, 15) is 4.79 Å². The van der Waals surface area contributed by atoms with Gasteiger partial charge in [-0.25, -0.2) is 0 Å². The van der Waals surface area contributed by atoms with Crippen LogP contribution in [0.4, 0.5) is 0 Å². The second-order valence-corrected chi connectivity index (χ2v) is 4.07. The lowest BCUT2D eigenvalue weighted by Crippen LogP contribution is -2.41. The summed E-state index contributed by atoms with van der Waals surface area (Å²) < 4.78 is 4.89. The van der Waals surface area contributed by atoms with Crippen molar-refractivity contribution in [1.82, 2.24) is 5.32 Å². The van der Waals surface area contributed by atoms with E-state index in [2.05, 4.69) is 5.32 Å². The smallest absolute Gasteiger partial charge is 0.224 e. The Kier molecular flexibility index (Phi) is 5.66. The largest absolute Gasteiger partial charge is 0.394 e. The second kappa shape index (κ2) is 7.04. The van der Waals surface area contributed by atoms with E-state index in [1.807, 2.05) is 31.2 Å². The molecule has 17 heavy (non-hydrogen) atoms. The molecule has 0 saturated carbocycles. The number of ether oxygens (including phenoxy) is 1. The quantitative estimate of drug-likeness (QED) is 0.764. The SMILES string of the molecule is COCC(CO)NC(=O)Cc1cccc(C)c1. The van der Waals surface area contributed by atoms with Gasteiger partial charge in [0.05, 0.1) is 25.7 Å². The summed E-state index contributed by atoms with van der Waals surface area (Å²) in [5.74, 6) is -0.105. The van der Waals surface area contributed by atoms with Gasteiger partial charge in [-0.2, -0.15) is 0 Å². The van der Waals surface area contributed by atoms with Gasteiger partial charge in [-0.1, -0.05) is 29.8 Å². The summed E-state index contributed by atoms with van der Waals surface area (Å²) >= 11 is 0. The highest BCUT2D eigenvalue weighted by molar-refractivity contribution is 5.78. The van der Waals surface area contributed by atoms with E-state index < -0.39 is 0 Å². The van der Waals surface area contributed by atoms with Crippen LogP contribution in [0.5, 0.6) is 0 Å². The van der Waals surface area contributed by atoms with Crippen molar-refractivity contribution in [1.29, 1.82) is 0 Å². The van der Waals surface area contributed by atoms with Gasteiger partial charge in [0, 0.05) is 7.11 Å². The third kappa shape index (κ3) is 4.97. The number of aryl methyl sites for hydroxylation is 1. The molecule has 1 aromatic rings. The van der Waals surface area contributed by atoms with Crippen molar-refractivity contribution >= 4 is 5.91 Å². The molecular formula is C13H19NO3. The molecule has 0 radical (unpaired) electrons. The van der Waals surface area contributed by atoms with Crippen molar-refractivity contribution in [3.63, 3.8) is 0 Å². The van der Waals surface area contributed by atoms with E-state index in [-0.39, 0.29) is 18.6 Å². The number of hydrogen-bond donors (Lipinski definition) is 2. The molecule has 0 aromatic heterocycles. The zero-order chi connectivity index (χ0) is 12.7. The number of amides is 1. The summed E-state index contributed by atoms with van der Waals surface area (Å²) in [7, 11) is 1.54. The van der Waals surface area contributed by atoms with Crippen LogP contribution in [0.25, 0.3) is 0 Å². The van der Waals surface area contributed by atoms with Crippen molar-refractivity contribution in [2.45, 2.75) is 19.4 Å². The van der Waals surface area contributed by atoms with Crippen LogP contribution in [-0.2, 0) is 16.0 Å². The lowest BCUT2D eigenvalue weighted by molar-refractivity contribution is -0.121. The number of aliphatic hydroxyl groups is 1. The number of rotatable bonds is 6. The summed E-state index contributed by atoms with van der Waals surface area (Å²) in [5, 5.41) is 11.7. The monoisotopic (exact) mass is 237 g/mol. The first-order valence-electron chi connectivity index (χ1n) is 5.60. The van der Waals surface area contributed by atoms with Gasteiger partial charge in [-0.05, 0) is 12.5 Å². The molecule has 0 saturated heterocycles. The number of carbonyl (C=O) groups is 1. The van der Waals surface area contributed by atoms with E-state index in [4.69, 9.17) is 9.84 Å². The van der Waals surface area contributed by atoms with Gasteiger partial charge in [0.1, 0.15) is 0 Å². The van der Waals surface area contributed by atoms with Crippen molar-refractivity contribution in [3.8, 4) is 0 Å². The maximum atomic E-state index is 11.7. The number of carbonyl (C=O) groups excluding carboxylic acids is 1. The van der Waals surface area contributed by atoms with Crippen LogP contribution in [0.1, 0.15) is 11.1 Å². The molecule has 0 heterocycles. The molecule has 0 fully saturated rings. The molecule has 0 aliphatic carbocycles. The zero-order valence-electron chi connectivity index (χ0n) is 10.3. The maximum absolute atomic E-state index is 11.7. The van der Waals surface area contributed by atoms with Crippen LogP contribution in [0.2, 0.25) is 0 Å². The van der Waals surface area contributed by atoms with Gasteiger partial charge < -0.3 is 15.2 Å². The van der Waals surface area contributed by atoms with Crippen LogP contribution in [0.15, 0.2) is 24.3 Å². The minimum absolute atomic E-state index is 0.105. The van der Waals surface area contributed by atoms with Gasteiger partial charge in [0.15, 0.2) is 0 Å². The van der Waals surface area contributed by atoms with Gasteiger partial charge in [-0.3, -0.25) is 4.79 Å². The predicted octanol–water partition coefficient (Wildman–Crippen LogP) is 0.661. The molecule has 1 unspecified atom stereocenters. The number of nitrogens with one attached hydrogen (secondary N) is 1. The topological polar surface area (TPSA) is 58.6 Å². The highest BCUT2D eigenvalue weighted by Crippen LogP contribution is 2.04. The summed E-state index contributed by atoms with van der Waals surface area (Å²) in [6, 6.07) is 7.47. The van der Waals surface area contributed by atoms with Gasteiger partial charge in [0.25, 0.3) is 0 Å². The Hall–Kier alpha value is -1.39. The Morgan fingerprint density at radius 2 is 2.29 bits per heavy atom. The van der Waals surface area contributed by atoms with Crippen LogP contribution in [-0.4, -0.2) is 37.4 Å². The number of methoxy groups -OCH3 is 1. The molecule has 2 N–H and O–H groups in total. The van der Waals surface area contributed by atoms with Gasteiger partial charge in [0.2, 0.25) is 5.91 Å². The van der Waals surface area contributed by atoms with E-state index in [1.165, 1.54) is 7.11 Å². The lowest BCUT2D eigenvalue weighted by Gasteiger charge is -2.15. The van der Waals surface area contributed by atoms with E-state index in [1.54, 1.807) is 0 Å². The number of hydrogen-bond acceptors (Lipinski definition) is 3. The van der Waals surface area contributed by atoms with Crippen LogP contribution < -0.4 is 5.32 Å². The van der Waals surface area contributed by atoms with Gasteiger partial charge >= 0.3 is 0 Å². The minimum Gasteiger partial charge on any atom is -0.394 e. The average Bonchev–Trinajstić information content (AvgIpc) is 2.28. The zero-order valence-corrected chi connectivity index (χ0v) is 10.3. The third-order valence-electron chi connectivity index (χ3n) is 2.40. The fraction of sp³-hybridized carbons (Fsp3) is 0.462. The summed E-state index contributed by atoms with van der Waals surface area (Å²) in [5.41, 5.74) is 2.10. The highest BCUT2D eigenvalue weighted by Gasteiger charge is 2.11. The Balaban J connectivity index is 2.49. The van der Waals surface area contributed by atoms with Crippen LogP contribution >= 0.6 is 0 Å². The highest BCUT2D eigenvalue weighted by atomic mass is 16.5. The van der Waals surface area contributed by atoms with E-state index in [0.717, 1.165) is 11.1 Å². The third-order valence-corrected chi connectivity index (χ3v) is 2.40. The van der Waals surface area contributed by atoms with Crippen molar-refractivity contribution in [3.05, 3.63) is 35.4 Å². The molecule has 1 rings (SSSR count). The summed E-state index contributed by atoms with van der Waals surface area (Å²) in [4.78, 5) is 11.7. The first-order chi connectivity index (χ1) is 8.15. The van der Waals surface area contributed by atoms with Crippen molar-refractivity contribution in [2.24, 2.45) is 0 Å². The van der Waals surface area contributed by atoms with Crippen molar-refractivity contribution < 1.29 is 14.6 Å². The maximum Gasteiger partial charge on any atom is 0.224 e. The Labute approximate surface area is 102 Å². The average molecular weight is 237 g/mol. The Bertz CT molecular complexity index is 365. The minimum atomic E-state index is -0.336. The molecule has 0 aliphatic heterocycles. The van der Waals surface area contributed by atoms with E-state index >= 15 is 0 Å². The first-order valence-corrected chi connectivity index (χ1v) is 5.60. The first kappa shape index (κ1) is 13.7. The molecule has 4 nitrogen and oxygen atoms in total. The van der Waals surface area contributed by atoms with Crippen LogP contribution in [0, 0.1) is 6.92 Å². The Morgan fingerprint density at radius 1 is 1.53 bits per heavy atom. The molecule has 1 aromatic carbocycles. The number of benzene rings is 1. The predicted molar refractivity (Wildman–Crippen MR) is 65.8 cm³/mol.